The Kier molecular flexibility index (Phi) is 6.74. The monoisotopic (exact) mass is 446 g/mol. The van der Waals surface area contributed by atoms with Crippen LogP contribution in [0.25, 0.3) is 11.1 Å². The van der Waals surface area contributed by atoms with Crippen LogP contribution in [0.15, 0.2) is 52.9 Å². The van der Waals surface area contributed by atoms with E-state index in [1.807, 2.05) is 29.2 Å². The van der Waals surface area contributed by atoms with Crippen molar-refractivity contribution < 1.29 is 9.21 Å². The van der Waals surface area contributed by atoms with Crippen molar-refractivity contribution in [2.24, 2.45) is 0 Å². The zero-order chi connectivity index (χ0) is 22.6. The van der Waals surface area contributed by atoms with E-state index in [1.165, 1.54) is 18.7 Å². The van der Waals surface area contributed by atoms with Crippen LogP contribution in [0.2, 0.25) is 0 Å². The molecule has 2 saturated heterocycles. The average molecular weight is 447 g/mol. The van der Waals surface area contributed by atoms with E-state index >= 15 is 0 Å². The van der Waals surface area contributed by atoms with Gasteiger partial charge in [0, 0.05) is 57.3 Å². The van der Waals surface area contributed by atoms with Crippen LogP contribution in [0, 0.1) is 0 Å². The van der Waals surface area contributed by atoms with E-state index in [1.54, 1.807) is 0 Å². The van der Waals surface area contributed by atoms with Gasteiger partial charge in [-0.2, -0.15) is 0 Å². The third kappa shape index (κ3) is 5.12. The van der Waals surface area contributed by atoms with Crippen molar-refractivity contribution in [3.63, 3.8) is 0 Å². The molecule has 2 aliphatic heterocycles. The quantitative estimate of drug-likeness (QED) is 0.576. The molecule has 0 N–H and O–H groups in total. The average Bonchev–Trinajstić information content (AvgIpc) is 3.30. The van der Waals surface area contributed by atoms with Crippen molar-refractivity contribution in [2.75, 3.05) is 45.8 Å². The second-order valence-corrected chi connectivity index (χ2v) is 9.27. The first-order chi connectivity index (χ1) is 16.2. The number of rotatable bonds is 6. The maximum Gasteiger partial charge on any atom is 0.253 e. The summed E-state index contributed by atoms with van der Waals surface area (Å²) in [5, 5.41) is 0. The van der Waals surface area contributed by atoms with Crippen molar-refractivity contribution in [3.8, 4) is 0 Å². The first kappa shape index (κ1) is 22.1. The predicted octanol–water partition coefficient (Wildman–Crippen LogP) is 3.86. The van der Waals surface area contributed by atoms with Gasteiger partial charge in [-0.15, -0.1) is 0 Å². The summed E-state index contributed by atoms with van der Waals surface area (Å²) >= 11 is 0. The molecule has 2 aliphatic rings. The fraction of sp³-hybridized carbons (Fsp3) is 0.481. The number of piperazine rings is 1. The highest BCUT2D eigenvalue weighted by Gasteiger charge is 2.29. The number of carbonyl (C=O) groups excluding carboxylic acids is 1. The largest absolute Gasteiger partial charge is 0.441 e. The topological polar surface area (TPSA) is 52.8 Å². The smallest absolute Gasteiger partial charge is 0.253 e. The molecule has 2 aromatic carbocycles. The molecule has 6 nitrogen and oxygen atoms in total. The van der Waals surface area contributed by atoms with Crippen LogP contribution in [-0.4, -0.2) is 77.4 Å². The second-order valence-electron chi connectivity index (χ2n) is 9.27. The maximum absolute atomic E-state index is 13.2. The SMILES string of the molecule is CCN1CCN(C2CCN(C(=O)c3ccc4oc(CCc5ccccc5)nc4c3)CC2)CC1. The number of hydrogen-bond acceptors (Lipinski definition) is 5. The van der Waals surface area contributed by atoms with E-state index in [0.29, 0.717) is 11.6 Å². The van der Waals surface area contributed by atoms with Gasteiger partial charge in [0.25, 0.3) is 5.91 Å². The number of aromatic nitrogens is 1. The van der Waals surface area contributed by atoms with Gasteiger partial charge in [-0.1, -0.05) is 37.3 Å². The third-order valence-corrected chi connectivity index (χ3v) is 7.27. The molecule has 5 rings (SSSR count). The molecule has 3 heterocycles. The Hall–Kier alpha value is -2.70. The molecule has 3 aromatic rings. The van der Waals surface area contributed by atoms with Gasteiger partial charge in [-0.25, -0.2) is 4.98 Å². The summed E-state index contributed by atoms with van der Waals surface area (Å²) in [6.45, 7) is 9.69. The van der Waals surface area contributed by atoms with Crippen molar-refractivity contribution in [1.82, 2.24) is 19.7 Å². The number of oxazole rings is 1. The van der Waals surface area contributed by atoms with Gasteiger partial charge in [-0.3, -0.25) is 9.69 Å². The number of amides is 1. The molecule has 0 aliphatic carbocycles. The summed E-state index contributed by atoms with van der Waals surface area (Å²) in [4.78, 5) is 25.0. The van der Waals surface area contributed by atoms with Crippen LogP contribution in [0.3, 0.4) is 0 Å². The fourth-order valence-corrected chi connectivity index (χ4v) is 5.17. The summed E-state index contributed by atoms with van der Waals surface area (Å²) in [5.41, 5.74) is 3.50. The van der Waals surface area contributed by atoms with Gasteiger partial charge in [0.15, 0.2) is 11.5 Å². The first-order valence-corrected chi connectivity index (χ1v) is 12.4. The lowest BCUT2D eigenvalue weighted by Gasteiger charge is -2.42. The highest BCUT2D eigenvalue weighted by Crippen LogP contribution is 2.23. The summed E-state index contributed by atoms with van der Waals surface area (Å²) < 4.78 is 5.92. The highest BCUT2D eigenvalue weighted by atomic mass is 16.3. The number of benzene rings is 2. The molecule has 2 fully saturated rings. The Morgan fingerprint density at radius 1 is 0.970 bits per heavy atom. The summed E-state index contributed by atoms with van der Waals surface area (Å²) in [7, 11) is 0. The predicted molar refractivity (Wildman–Crippen MR) is 130 cm³/mol. The lowest BCUT2D eigenvalue weighted by Crippen LogP contribution is -2.53. The minimum absolute atomic E-state index is 0.111. The minimum Gasteiger partial charge on any atom is -0.441 e. The van der Waals surface area contributed by atoms with Gasteiger partial charge in [0.2, 0.25) is 0 Å². The van der Waals surface area contributed by atoms with Gasteiger partial charge in [-0.05, 0) is 49.6 Å². The summed E-state index contributed by atoms with van der Waals surface area (Å²) in [5.74, 6) is 0.836. The number of hydrogen-bond donors (Lipinski definition) is 0. The van der Waals surface area contributed by atoms with Crippen LogP contribution in [0.1, 0.15) is 41.6 Å². The van der Waals surface area contributed by atoms with E-state index in [9.17, 15) is 4.79 Å². The number of likely N-dealkylation sites (N-methyl/N-ethyl adjacent to an activating group) is 1. The molecular weight excluding hydrogens is 412 g/mol. The van der Waals surface area contributed by atoms with Crippen LogP contribution < -0.4 is 0 Å². The zero-order valence-corrected chi connectivity index (χ0v) is 19.6. The number of nitrogens with zero attached hydrogens (tertiary/aromatic N) is 4. The van der Waals surface area contributed by atoms with Crippen molar-refractivity contribution in [3.05, 3.63) is 65.5 Å². The summed E-state index contributed by atoms with van der Waals surface area (Å²) in [6.07, 6.45) is 3.77. The van der Waals surface area contributed by atoms with Gasteiger partial charge in [0.05, 0.1) is 0 Å². The Morgan fingerprint density at radius 2 is 1.73 bits per heavy atom. The van der Waals surface area contributed by atoms with Crippen LogP contribution in [-0.2, 0) is 12.8 Å². The number of piperidine rings is 1. The van der Waals surface area contributed by atoms with E-state index in [4.69, 9.17) is 4.42 Å². The van der Waals surface area contributed by atoms with Gasteiger partial charge >= 0.3 is 0 Å². The van der Waals surface area contributed by atoms with Crippen molar-refractivity contribution in [2.45, 2.75) is 38.6 Å². The van der Waals surface area contributed by atoms with E-state index in [-0.39, 0.29) is 5.91 Å². The Bertz CT molecular complexity index is 1060. The molecule has 33 heavy (non-hydrogen) atoms. The third-order valence-electron chi connectivity index (χ3n) is 7.27. The number of carbonyl (C=O) groups is 1. The van der Waals surface area contributed by atoms with Crippen LogP contribution in [0.4, 0.5) is 0 Å². The molecule has 0 atom stereocenters. The molecule has 0 radical (unpaired) electrons. The van der Waals surface area contributed by atoms with Gasteiger partial charge < -0.3 is 14.2 Å². The van der Waals surface area contributed by atoms with E-state index in [2.05, 4.69) is 46.0 Å². The normalized spacial score (nSPS) is 18.8. The second kappa shape index (κ2) is 10.1. The fourth-order valence-electron chi connectivity index (χ4n) is 5.17. The Balaban J connectivity index is 1.17. The zero-order valence-electron chi connectivity index (χ0n) is 19.6. The number of fused-ring (bicyclic) bond motifs is 1. The molecular formula is C27H34N4O2. The van der Waals surface area contributed by atoms with Crippen LogP contribution in [0.5, 0.6) is 0 Å². The van der Waals surface area contributed by atoms with Crippen LogP contribution >= 0.6 is 0 Å². The summed E-state index contributed by atoms with van der Waals surface area (Å²) in [6, 6.07) is 16.6. The standard InChI is InChI=1S/C27H34N4O2/c1-2-29-16-18-30(19-17-29)23-12-14-31(15-13-23)27(32)22-9-10-25-24(20-22)28-26(33-25)11-8-21-6-4-3-5-7-21/h3-7,9-10,20,23H,2,8,11-19H2,1H3. The highest BCUT2D eigenvalue weighted by molar-refractivity contribution is 5.97. The maximum atomic E-state index is 13.2. The Morgan fingerprint density at radius 3 is 2.45 bits per heavy atom. The molecule has 0 spiro atoms. The molecule has 174 valence electrons. The molecule has 0 bridgehead atoms. The van der Waals surface area contributed by atoms with Crippen molar-refractivity contribution >= 4 is 17.0 Å². The van der Waals surface area contributed by atoms with E-state index in [0.717, 1.165) is 75.4 Å². The van der Waals surface area contributed by atoms with Gasteiger partial charge in [0.1, 0.15) is 5.52 Å². The number of likely N-dealkylation sites (tertiary alicyclic amines) is 1. The molecule has 1 amide bonds. The lowest BCUT2D eigenvalue weighted by atomic mass is 10.0. The van der Waals surface area contributed by atoms with Crippen molar-refractivity contribution in [1.29, 1.82) is 0 Å². The Labute approximate surface area is 196 Å². The molecule has 1 aromatic heterocycles. The molecule has 6 heteroatoms. The minimum atomic E-state index is 0.111. The first-order valence-electron chi connectivity index (χ1n) is 12.4. The molecule has 0 unspecified atom stereocenters. The number of aryl methyl sites for hydroxylation is 2. The lowest BCUT2D eigenvalue weighted by molar-refractivity contribution is 0.0490. The van der Waals surface area contributed by atoms with E-state index < -0.39 is 0 Å². The molecule has 0 saturated carbocycles.